The molecule has 2 amide bonds. The number of urea groups is 1. The summed E-state index contributed by atoms with van der Waals surface area (Å²) < 4.78 is 1.45. The molecule has 1 heterocycles. The molecule has 1 unspecified atom stereocenters. The zero-order chi connectivity index (χ0) is 25.5. The molecule has 0 aliphatic carbocycles. The van der Waals surface area contributed by atoms with Crippen LogP contribution in [0, 0.1) is 10.1 Å². The Morgan fingerprint density at radius 2 is 1.89 bits per heavy atom. The quantitative estimate of drug-likeness (QED) is 0.237. The Morgan fingerprint density at radius 1 is 1.20 bits per heavy atom. The minimum Gasteiger partial charge on any atom is -0.330 e. The highest BCUT2D eigenvalue weighted by Gasteiger charge is 2.25. The van der Waals surface area contributed by atoms with Crippen LogP contribution in [0.1, 0.15) is 44.5 Å². The molecule has 0 aliphatic heterocycles. The Kier molecular flexibility index (Phi) is 8.78. The number of nitrogens with one attached hydrogen (secondary N) is 1. The maximum Gasteiger partial charge on any atom is 0.322 e. The number of carbonyl (C=O) groups excluding carboxylic acids is 1. The Bertz CT molecular complexity index is 1260. The summed E-state index contributed by atoms with van der Waals surface area (Å²) in [4.78, 5) is 43.0. The summed E-state index contributed by atoms with van der Waals surface area (Å²) in [6, 6.07) is 9.58. The fourth-order valence-electron chi connectivity index (χ4n) is 3.89. The van der Waals surface area contributed by atoms with Crippen molar-refractivity contribution in [3.05, 3.63) is 73.8 Å². The predicted molar refractivity (Wildman–Crippen MR) is 137 cm³/mol. The van der Waals surface area contributed by atoms with Crippen LogP contribution in [0.4, 0.5) is 16.2 Å². The summed E-state index contributed by atoms with van der Waals surface area (Å²) >= 11 is 6.11. The van der Waals surface area contributed by atoms with Crippen LogP contribution in [0.25, 0.3) is 10.9 Å². The molecule has 186 valence electrons. The number of carbonyl (C=O) groups is 1. The second-order valence-electron chi connectivity index (χ2n) is 8.30. The highest BCUT2D eigenvalue weighted by atomic mass is 35.5. The van der Waals surface area contributed by atoms with Crippen molar-refractivity contribution in [2.45, 2.75) is 38.6 Å². The summed E-state index contributed by atoms with van der Waals surface area (Å²) in [5, 5.41) is 14.6. The van der Waals surface area contributed by atoms with Gasteiger partial charge in [0.25, 0.3) is 11.2 Å². The number of nitro benzene ring substituents is 1. The Hall–Kier alpha value is -3.50. The van der Waals surface area contributed by atoms with Gasteiger partial charge in [-0.2, -0.15) is 0 Å². The number of hydrogen-bond acceptors (Lipinski definition) is 6. The van der Waals surface area contributed by atoms with Crippen molar-refractivity contribution in [1.29, 1.82) is 0 Å². The Balaban J connectivity index is 1.90. The van der Waals surface area contributed by atoms with E-state index in [-0.39, 0.29) is 11.2 Å². The summed E-state index contributed by atoms with van der Waals surface area (Å²) in [7, 11) is 1.63. The van der Waals surface area contributed by atoms with E-state index in [1.807, 2.05) is 6.92 Å². The highest BCUT2D eigenvalue weighted by molar-refractivity contribution is 6.31. The summed E-state index contributed by atoms with van der Waals surface area (Å²) in [5.41, 5.74) is 6.16. The number of amides is 2. The molecule has 2 aromatic carbocycles. The molecule has 3 rings (SSSR count). The van der Waals surface area contributed by atoms with Crippen LogP contribution in [0.3, 0.4) is 0 Å². The smallest absolute Gasteiger partial charge is 0.322 e. The van der Waals surface area contributed by atoms with Gasteiger partial charge in [0.1, 0.15) is 5.82 Å². The number of halogens is 1. The topological polar surface area (TPSA) is 136 Å². The van der Waals surface area contributed by atoms with Crippen molar-refractivity contribution in [3.63, 3.8) is 0 Å². The number of nitro groups is 1. The second-order valence-corrected chi connectivity index (χ2v) is 8.74. The molecule has 3 aromatic rings. The van der Waals surface area contributed by atoms with Crippen LogP contribution in [0.5, 0.6) is 0 Å². The molecule has 10 nitrogen and oxygen atoms in total. The molecule has 1 atom stereocenters. The standard InChI is InChI=1S/C24H29ClN6O4/c1-16(22-28-21-15-17(25)7-12-20(21)23(32)29(22)2)30(14-6-4-3-5-13-26)24(33)27-18-8-10-19(11-9-18)31(34)35/h7-12,15-16H,3-6,13-14,26H2,1-2H3,(H,27,33). The lowest BCUT2D eigenvalue weighted by molar-refractivity contribution is -0.384. The van der Waals surface area contributed by atoms with E-state index in [0.29, 0.717) is 40.5 Å². The third kappa shape index (κ3) is 6.34. The number of hydrogen-bond donors (Lipinski definition) is 2. The van der Waals surface area contributed by atoms with Crippen LogP contribution in [0.2, 0.25) is 5.02 Å². The van der Waals surface area contributed by atoms with Gasteiger partial charge in [0, 0.05) is 36.4 Å². The van der Waals surface area contributed by atoms with E-state index < -0.39 is 17.0 Å². The van der Waals surface area contributed by atoms with E-state index in [2.05, 4.69) is 10.3 Å². The number of nitrogens with zero attached hydrogens (tertiary/aromatic N) is 4. The van der Waals surface area contributed by atoms with Crippen molar-refractivity contribution in [2.75, 3.05) is 18.4 Å². The number of benzene rings is 2. The first kappa shape index (κ1) is 26.1. The number of aromatic nitrogens is 2. The molecule has 0 spiro atoms. The van der Waals surface area contributed by atoms with Crippen molar-refractivity contribution in [1.82, 2.24) is 14.5 Å². The normalized spacial score (nSPS) is 11.9. The summed E-state index contributed by atoms with van der Waals surface area (Å²) in [6.07, 6.45) is 3.50. The van der Waals surface area contributed by atoms with Gasteiger partial charge >= 0.3 is 6.03 Å². The molecule has 0 saturated heterocycles. The fourth-order valence-corrected chi connectivity index (χ4v) is 4.05. The first-order chi connectivity index (χ1) is 16.7. The van der Waals surface area contributed by atoms with Crippen LogP contribution in [-0.4, -0.2) is 38.5 Å². The van der Waals surface area contributed by atoms with Gasteiger partial charge in [-0.1, -0.05) is 24.4 Å². The van der Waals surface area contributed by atoms with Crippen LogP contribution in [0.15, 0.2) is 47.3 Å². The van der Waals surface area contributed by atoms with Gasteiger partial charge < -0.3 is 16.0 Å². The molecule has 0 fully saturated rings. The van der Waals surface area contributed by atoms with Gasteiger partial charge in [-0.05, 0) is 56.6 Å². The molecule has 11 heteroatoms. The van der Waals surface area contributed by atoms with Gasteiger partial charge in [-0.15, -0.1) is 0 Å². The first-order valence-electron chi connectivity index (χ1n) is 11.4. The molecule has 0 bridgehead atoms. The number of non-ortho nitro benzene ring substituents is 1. The number of nitrogens with two attached hydrogens (primary N) is 1. The van der Waals surface area contributed by atoms with Gasteiger partial charge in [0.2, 0.25) is 0 Å². The SMILES string of the molecule is CC(c1nc2cc(Cl)ccc2c(=O)n1C)N(CCCCCCN)C(=O)Nc1ccc([N+](=O)[O-])cc1. The van der Waals surface area contributed by atoms with E-state index in [1.54, 1.807) is 30.1 Å². The van der Waals surface area contributed by atoms with Crippen LogP contribution >= 0.6 is 11.6 Å². The van der Waals surface area contributed by atoms with E-state index in [0.717, 1.165) is 25.7 Å². The molecule has 1 aromatic heterocycles. The molecule has 0 saturated carbocycles. The zero-order valence-electron chi connectivity index (χ0n) is 19.7. The van der Waals surface area contributed by atoms with E-state index in [4.69, 9.17) is 17.3 Å². The zero-order valence-corrected chi connectivity index (χ0v) is 20.5. The van der Waals surface area contributed by atoms with Gasteiger partial charge in [0.15, 0.2) is 0 Å². The molecule has 0 radical (unpaired) electrons. The lowest BCUT2D eigenvalue weighted by Crippen LogP contribution is -2.40. The number of anilines is 1. The fraction of sp³-hybridized carbons (Fsp3) is 0.375. The maximum absolute atomic E-state index is 13.3. The molecular formula is C24H29ClN6O4. The van der Waals surface area contributed by atoms with Gasteiger partial charge in [-0.25, -0.2) is 9.78 Å². The number of unbranched alkanes of at least 4 members (excludes halogenated alkanes) is 3. The lowest BCUT2D eigenvalue weighted by Gasteiger charge is -2.30. The summed E-state index contributed by atoms with van der Waals surface area (Å²) in [6.45, 7) is 2.86. The van der Waals surface area contributed by atoms with Gasteiger partial charge in [0.05, 0.1) is 21.9 Å². The highest BCUT2D eigenvalue weighted by Crippen LogP contribution is 2.24. The van der Waals surface area contributed by atoms with Crippen molar-refractivity contribution >= 4 is 39.9 Å². The first-order valence-corrected chi connectivity index (χ1v) is 11.8. The number of fused-ring (bicyclic) bond motifs is 1. The van der Waals surface area contributed by atoms with E-state index in [9.17, 15) is 19.7 Å². The van der Waals surface area contributed by atoms with E-state index in [1.165, 1.54) is 28.8 Å². The Labute approximate surface area is 207 Å². The van der Waals surface area contributed by atoms with Crippen molar-refractivity contribution in [2.24, 2.45) is 12.8 Å². The average Bonchev–Trinajstić information content (AvgIpc) is 2.83. The van der Waals surface area contributed by atoms with Crippen molar-refractivity contribution < 1.29 is 9.72 Å². The molecule has 0 aliphatic rings. The average molecular weight is 501 g/mol. The third-order valence-electron chi connectivity index (χ3n) is 5.86. The largest absolute Gasteiger partial charge is 0.330 e. The van der Waals surface area contributed by atoms with Gasteiger partial charge in [-0.3, -0.25) is 19.5 Å². The second kappa shape index (κ2) is 11.8. The predicted octanol–water partition coefficient (Wildman–Crippen LogP) is 4.61. The lowest BCUT2D eigenvalue weighted by atomic mass is 10.1. The monoisotopic (exact) mass is 500 g/mol. The minimum absolute atomic E-state index is 0.0675. The Morgan fingerprint density at radius 3 is 2.54 bits per heavy atom. The molecular weight excluding hydrogens is 472 g/mol. The minimum atomic E-state index is -0.538. The van der Waals surface area contributed by atoms with Crippen molar-refractivity contribution in [3.8, 4) is 0 Å². The van der Waals surface area contributed by atoms with Crippen LogP contribution in [-0.2, 0) is 7.05 Å². The van der Waals surface area contributed by atoms with Crippen LogP contribution < -0.4 is 16.6 Å². The third-order valence-corrected chi connectivity index (χ3v) is 6.09. The maximum atomic E-state index is 13.3. The summed E-state index contributed by atoms with van der Waals surface area (Å²) in [5.74, 6) is 0.422. The molecule has 3 N–H and O–H groups in total. The number of rotatable bonds is 10. The van der Waals surface area contributed by atoms with E-state index >= 15 is 0 Å². The molecule has 35 heavy (non-hydrogen) atoms.